The van der Waals surface area contributed by atoms with Gasteiger partial charge in [-0.2, -0.15) is 0 Å². The second-order valence-electron chi connectivity index (χ2n) is 4.07. The molecule has 0 aromatic heterocycles. The molecule has 2 aliphatic rings. The van der Waals surface area contributed by atoms with Gasteiger partial charge in [0.25, 0.3) is 0 Å². The second kappa shape index (κ2) is 10.6. The van der Waals surface area contributed by atoms with Gasteiger partial charge >= 0.3 is 0 Å². The molecule has 0 aromatic carbocycles. The molecule has 0 aromatic rings. The van der Waals surface area contributed by atoms with Crippen molar-refractivity contribution in [2.45, 2.75) is 54.9 Å². The van der Waals surface area contributed by atoms with Crippen LogP contribution in [-0.4, -0.2) is 13.1 Å². The smallest absolute Gasteiger partial charge is 0.00778 e. The standard InChI is InChI=1S/C9H15N.C3H6.2C2H6/c1-3-7(2)9-4-8(9)5-10-6-9;1-3-2;2*1-2/h3,8,10H,4-6H2,1-2H3;3H,1H2,2H3;2*1-2H3/b7-3+;;;. The lowest BCUT2D eigenvalue weighted by Gasteiger charge is -2.10. The topological polar surface area (TPSA) is 12.0 Å². The van der Waals surface area contributed by atoms with E-state index in [4.69, 9.17) is 0 Å². The van der Waals surface area contributed by atoms with Crippen molar-refractivity contribution in [2.24, 2.45) is 11.3 Å². The van der Waals surface area contributed by atoms with Gasteiger partial charge in [0, 0.05) is 12.0 Å². The minimum Gasteiger partial charge on any atom is -0.316 e. The highest BCUT2D eigenvalue weighted by molar-refractivity contribution is 5.27. The molecule has 1 nitrogen and oxygen atoms in total. The van der Waals surface area contributed by atoms with Crippen molar-refractivity contribution in [1.29, 1.82) is 0 Å². The second-order valence-corrected chi connectivity index (χ2v) is 4.07. The number of hydrogen-bond donors (Lipinski definition) is 1. The van der Waals surface area contributed by atoms with Crippen LogP contribution in [0.2, 0.25) is 0 Å². The first-order chi connectivity index (χ1) is 8.21. The predicted molar refractivity (Wildman–Crippen MR) is 81.4 cm³/mol. The van der Waals surface area contributed by atoms with Crippen molar-refractivity contribution in [3.63, 3.8) is 0 Å². The van der Waals surface area contributed by atoms with Gasteiger partial charge in [0.1, 0.15) is 0 Å². The lowest BCUT2D eigenvalue weighted by molar-refractivity contribution is 0.606. The highest BCUT2D eigenvalue weighted by atomic mass is 15.0. The van der Waals surface area contributed by atoms with Crippen molar-refractivity contribution in [1.82, 2.24) is 5.32 Å². The minimum atomic E-state index is 0.620. The summed E-state index contributed by atoms with van der Waals surface area (Å²) in [6.45, 7) is 20.2. The maximum atomic E-state index is 3.44. The normalized spacial score (nSPS) is 28.2. The Hall–Kier alpha value is -0.560. The van der Waals surface area contributed by atoms with Gasteiger partial charge in [0.15, 0.2) is 0 Å². The number of fused-ring (bicyclic) bond motifs is 1. The summed E-state index contributed by atoms with van der Waals surface area (Å²) in [6, 6.07) is 0. The minimum absolute atomic E-state index is 0.620. The predicted octanol–water partition coefficient (Wildman–Crippen LogP) is 4.81. The van der Waals surface area contributed by atoms with Crippen LogP contribution in [0.4, 0.5) is 0 Å². The zero-order valence-corrected chi connectivity index (χ0v) is 13.1. The maximum Gasteiger partial charge on any atom is 0.00778 e. The number of hydrogen-bond acceptors (Lipinski definition) is 1. The molecule has 0 amide bonds. The zero-order chi connectivity index (χ0) is 13.9. The fraction of sp³-hybridized carbons (Fsp3) is 0.750. The van der Waals surface area contributed by atoms with Crippen molar-refractivity contribution in [3.8, 4) is 0 Å². The van der Waals surface area contributed by atoms with Gasteiger partial charge in [-0.15, -0.1) is 6.58 Å². The zero-order valence-electron chi connectivity index (χ0n) is 13.1. The summed E-state index contributed by atoms with van der Waals surface area (Å²) in [7, 11) is 0. The van der Waals surface area contributed by atoms with E-state index < -0.39 is 0 Å². The molecule has 102 valence electrons. The Kier molecular flexibility index (Phi) is 11.7. The average molecular weight is 239 g/mol. The van der Waals surface area contributed by atoms with E-state index in [0.717, 1.165) is 5.92 Å². The summed E-state index contributed by atoms with van der Waals surface area (Å²) in [4.78, 5) is 0. The number of rotatable bonds is 1. The summed E-state index contributed by atoms with van der Waals surface area (Å²) in [6.07, 6.45) is 5.46. The third kappa shape index (κ3) is 5.08. The van der Waals surface area contributed by atoms with Gasteiger partial charge in [0.2, 0.25) is 0 Å². The Morgan fingerprint density at radius 3 is 1.94 bits per heavy atom. The van der Waals surface area contributed by atoms with Gasteiger partial charge < -0.3 is 5.32 Å². The summed E-state index contributed by atoms with van der Waals surface area (Å²) >= 11 is 0. The maximum absolute atomic E-state index is 3.44. The van der Waals surface area contributed by atoms with E-state index in [1.165, 1.54) is 19.5 Å². The first-order valence-corrected chi connectivity index (χ1v) is 7.12. The first-order valence-electron chi connectivity index (χ1n) is 7.12. The molecule has 17 heavy (non-hydrogen) atoms. The molecule has 2 fully saturated rings. The van der Waals surface area contributed by atoms with Crippen molar-refractivity contribution >= 4 is 0 Å². The van der Waals surface area contributed by atoms with E-state index in [9.17, 15) is 0 Å². The van der Waals surface area contributed by atoms with Crippen LogP contribution >= 0.6 is 0 Å². The molecule has 1 heterocycles. The van der Waals surface area contributed by atoms with E-state index in [0.29, 0.717) is 5.41 Å². The van der Waals surface area contributed by atoms with Crippen molar-refractivity contribution < 1.29 is 0 Å². The molecule has 2 rings (SSSR count). The molecule has 0 bridgehead atoms. The van der Waals surface area contributed by atoms with Gasteiger partial charge in [-0.3, -0.25) is 0 Å². The van der Waals surface area contributed by atoms with Crippen LogP contribution in [0.15, 0.2) is 24.3 Å². The molecule has 2 atom stereocenters. The molecule has 1 saturated heterocycles. The van der Waals surface area contributed by atoms with Gasteiger partial charge in [-0.25, -0.2) is 0 Å². The number of allylic oxidation sites excluding steroid dienone is 2. The molecule has 1 aliphatic carbocycles. The molecular weight excluding hydrogens is 206 g/mol. The molecule has 1 heteroatoms. The van der Waals surface area contributed by atoms with Gasteiger partial charge in [-0.05, 0) is 39.7 Å². The van der Waals surface area contributed by atoms with Crippen molar-refractivity contribution in [2.75, 3.05) is 13.1 Å². The fourth-order valence-corrected chi connectivity index (χ4v) is 2.24. The quantitative estimate of drug-likeness (QED) is 0.648. The summed E-state index contributed by atoms with van der Waals surface area (Å²) in [5.41, 5.74) is 2.22. The van der Waals surface area contributed by atoms with Crippen LogP contribution in [0.1, 0.15) is 54.9 Å². The monoisotopic (exact) mass is 239 g/mol. The van der Waals surface area contributed by atoms with Gasteiger partial charge in [-0.1, -0.05) is 45.4 Å². The third-order valence-corrected chi connectivity index (χ3v) is 3.28. The highest BCUT2D eigenvalue weighted by Crippen LogP contribution is 2.59. The van der Waals surface area contributed by atoms with Crippen LogP contribution in [0.3, 0.4) is 0 Å². The lowest BCUT2D eigenvalue weighted by atomic mass is 9.96. The third-order valence-electron chi connectivity index (χ3n) is 3.28. The molecular formula is C16H33N. The number of piperidine rings is 1. The van der Waals surface area contributed by atoms with Crippen LogP contribution in [-0.2, 0) is 0 Å². The molecule has 1 saturated carbocycles. The Morgan fingerprint density at radius 2 is 1.71 bits per heavy atom. The Bertz CT molecular complexity index is 218. The Labute approximate surface area is 109 Å². The van der Waals surface area contributed by atoms with Crippen LogP contribution in [0.5, 0.6) is 0 Å². The Balaban J connectivity index is 0. The fourth-order valence-electron chi connectivity index (χ4n) is 2.24. The van der Waals surface area contributed by atoms with Crippen LogP contribution in [0.25, 0.3) is 0 Å². The van der Waals surface area contributed by atoms with E-state index in [2.05, 4.69) is 31.8 Å². The van der Waals surface area contributed by atoms with E-state index >= 15 is 0 Å². The highest BCUT2D eigenvalue weighted by Gasteiger charge is 2.57. The van der Waals surface area contributed by atoms with Crippen LogP contribution in [0, 0.1) is 11.3 Å². The molecule has 1 aliphatic heterocycles. The summed E-state index contributed by atoms with van der Waals surface area (Å²) < 4.78 is 0. The average Bonchev–Trinajstić information content (AvgIpc) is 2.97. The summed E-state index contributed by atoms with van der Waals surface area (Å²) in [5.74, 6) is 0.976. The first kappa shape index (κ1) is 18.8. The Morgan fingerprint density at radius 1 is 1.24 bits per heavy atom. The number of nitrogens with one attached hydrogen (secondary N) is 1. The summed E-state index contributed by atoms with van der Waals surface area (Å²) in [5, 5.41) is 3.44. The largest absolute Gasteiger partial charge is 0.316 e. The molecule has 2 unspecified atom stereocenters. The lowest BCUT2D eigenvalue weighted by Crippen LogP contribution is -2.16. The molecule has 1 N–H and O–H groups in total. The van der Waals surface area contributed by atoms with Gasteiger partial charge in [0.05, 0.1) is 0 Å². The van der Waals surface area contributed by atoms with Crippen LogP contribution < -0.4 is 5.32 Å². The van der Waals surface area contributed by atoms with E-state index in [1.807, 2.05) is 34.6 Å². The molecule has 0 radical (unpaired) electrons. The van der Waals surface area contributed by atoms with E-state index in [1.54, 1.807) is 11.6 Å². The SMILES string of the molecule is C/C=C(\C)C12CNCC1C2.C=CC.CC.CC. The van der Waals surface area contributed by atoms with Crippen molar-refractivity contribution in [3.05, 3.63) is 24.3 Å². The van der Waals surface area contributed by atoms with E-state index in [-0.39, 0.29) is 0 Å². The molecule has 0 spiro atoms.